The molecule has 2 aromatic rings. The molecule has 0 saturated carbocycles. The van der Waals surface area contributed by atoms with E-state index in [2.05, 4.69) is 24.5 Å². The third-order valence-electron chi connectivity index (χ3n) is 4.86. The second-order valence-electron chi connectivity index (χ2n) is 7.82. The summed E-state index contributed by atoms with van der Waals surface area (Å²) in [4.78, 5) is 12.9. The number of carbonyl (C=O) groups is 1. The van der Waals surface area contributed by atoms with Crippen LogP contribution in [0.3, 0.4) is 0 Å². The molecule has 0 aliphatic carbocycles. The number of sulfonamides is 1. The minimum atomic E-state index is -3.66. The SMILES string of the molecule is Cc1ccc(C(=O)Nc2cc(S(=O)(=O)N3CCOCC3)ccc2NCC(C)C)cc1. The first-order valence-electron chi connectivity index (χ1n) is 10.1. The fourth-order valence-electron chi connectivity index (χ4n) is 3.09. The van der Waals surface area contributed by atoms with Crippen LogP contribution in [0.2, 0.25) is 0 Å². The molecule has 1 heterocycles. The van der Waals surface area contributed by atoms with E-state index in [9.17, 15) is 13.2 Å². The highest BCUT2D eigenvalue weighted by Crippen LogP contribution is 2.28. The molecule has 162 valence electrons. The summed E-state index contributed by atoms with van der Waals surface area (Å²) in [5, 5.41) is 6.17. The highest BCUT2D eigenvalue weighted by Gasteiger charge is 2.27. The Hall–Kier alpha value is -2.42. The van der Waals surface area contributed by atoms with Gasteiger partial charge in [-0.3, -0.25) is 4.79 Å². The topological polar surface area (TPSA) is 87.7 Å². The fourth-order valence-corrected chi connectivity index (χ4v) is 4.53. The van der Waals surface area contributed by atoms with Crippen LogP contribution in [0.15, 0.2) is 47.4 Å². The average Bonchev–Trinajstić information content (AvgIpc) is 2.73. The molecule has 1 aliphatic heterocycles. The minimum Gasteiger partial charge on any atom is -0.383 e. The normalized spacial score (nSPS) is 15.2. The molecule has 1 fully saturated rings. The molecule has 3 rings (SSSR count). The Morgan fingerprint density at radius 1 is 1.07 bits per heavy atom. The molecule has 0 aromatic heterocycles. The molecule has 0 spiro atoms. The molecule has 1 amide bonds. The summed E-state index contributed by atoms with van der Waals surface area (Å²) in [6.07, 6.45) is 0. The molecular weight excluding hydrogens is 402 g/mol. The number of ether oxygens (including phenoxy) is 1. The van der Waals surface area contributed by atoms with Gasteiger partial charge >= 0.3 is 0 Å². The number of carbonyl (C=O) groups excluding carboxylic acids is 1. The van der Waals surface area contributed by atoms with Crippen LogP contribution in [0.4, 0.5) is 11.4 Å². The zero-order chi connectivity index (χ0) is 21.7. The van der Waals surface area contributed by atoms with Crippen molar-refractivity contribution in [3.05, 3.63) is 53.6 Å². The Morgan fingerprint density at radius 2 is 1.73 bits per heavy atom. The van der Waals surface area contributed by atoms with Gasteiger partial charge in [-0.05, 0) is 43.2 Å². The Balaban J connectivity index is 1.91. The Bertz CT molecular complexity index is 982. The number of nitrogens with one attached hydrogen (secondary N) is 2. The van der Waals surface area contributed by atoms with Crippen LogP contribution in [-0.4, -0.2) is 51.5 Å². The number of hydrogen-bond acceptors (Lipinski definition) is 5. The maximum Gasteiger partial charge on any atom is 0.255 e. The van der Waals surface area contributed by atoms with Crippen molar-refractivity contribution in [1.29, 1.82) is 0 Å². The smallest absolute Gasteiger partial charge is 0.255 e. The quantitative estimate of drug-likeness (QED) is 0.702. The Morgan fingerprint density at radius 3 is 2.37 bits per heavy atom. The summed E-state index contributed by atoms with van der Waals surface area (Å²) in [5.41, 5.74) is 2.70. The summed E-state index contributed by atoms with van der Waals surface area (Å²) >= 11 is 0. The van der Waals surface area contributed by atoms with E-state index in [0.29, 0.717) is 55.7 Å². The van der Waals surface area contributed by atoms with Crippen molar-refractivity contribution in [2.45, 2.75) is 25.7 Å². The second kappa shape index (κ2) is 9.59. The molecule has 0 atom stereocenters. The van der Waals surface area contributed by atoms with Crippen molar-refractivity contribution in [2.24, 2.45) is 5.92 Å². The zero-order valence-electron chi connectivity index (χ0n) is 17.6. The number of aryl methyl sites for hydroxylation is 1. The predicted octanol–water partition coefficient (Wildman–Crippen LogP) is 3.34. The lowest BCUT2D eigenvalue weighted by Gasteiger charge is -2.26. The fraction of sp³-hybridized carbons (Fsp3) is 0.409. The van der Waals surface area contributed by atoms with E-state index in [1.165, 1.54) is 10.4 Å². The van der Waals surface area contributed by atoms with Crippen molar-refractivity contribution in [1.82, 2.24) is 4.31 Å². The van der Waals surface area contributed by atoms with Crippen LogP contribution in [0.1, 0.15) is 29.8 Å². The number of rotatable bonds is 7. The monoisotopic (exact) mass is 431 g/mol. The molecule has 1 aliphatic rings. The van der Waals surface area contributed by atoms with Crippen LogP contribution < -0.4 is 10.6 Å². The van der Waals surface area contributed by atoms with Crippen molar-refractivity contribution in [3.63, 3.8) is 0 Å². The first kappa shape index (κ1) is 22.3. The van der Waals surface area contributed by atoms with Crippen LogP contribution in [0.25, 0.3) is 0 Å². The highest BCUT2D eigenvalue weighted by atomic mass is 32.2. The van der Waals surface area contributed by atoms with Gasteiger partial charge in [-0.15, -0.1) is 0 Å². The van der Waals surface area contributed by atoms with Crippen molar-refractivity contribution in [3.8, 4) is 0 Å². The van der Waals surface area contributed by atoms with E-state index in [1.54, 1.807) is 24.3 Å². The molecule has 0 bridgehead atoms. The Kier molecular flexibility index (Phi) is 7.12. The summed E-state index contributed by atoms with van der Waals surface area (Å²) in [7, 11) is -3.66. The van der Waals surface area contributed by atoms with Gasteiger partial charge in [0.05, 0.1) is 29.5 Å². The third-order valence-corrected chi connectivity index (χ3v) is 6.76. The highest BCUT2D eigenvalue weighted by molar-refractivity contribution is 7.89. The number of amides is 1. The van der Waals surface area contributed by atoms with Gasteiger partial charge in [0.2, 0.25) is 10.0 Å². The summed E-state index contributed by atoms with van der Waals surface area (Å²) in [6.45, 7) is 8.21. The van der Waals surface area contributed by atoms with E-state index in [0.717, 1.165) is 5.56 Å². The number of hydrogen-bond donors (Lipinski definition) is 2. The molecule has 1 saturated heterocycles. The minimum absolute atomic E-state index is 0.152. The predicted molar refractivity (Wildman–Crippen MR) is 118 cm³/mol. The standard InChI is InChI=1S/C22H29N3O4S/c1-16(2)15-23-20-9-8-19(30(27,28)25-10-12-29-13-11-25)14-21(20)24-22(26)18-6-4-17(3)5-7-18/h4-9,14,16,23H,10-13,15H2,1-3H3,(H,24,26). The third kappa shape index (κ3) is 5.38. The molecular formula is C22H29N3O4S. The lowest BCUT2D eigenvalue weighted by molar-refractivity contribution is 0.0730. The first-order valence-corrected chi connectivity index (χ1v) is 11.5. The number of benzene rings is 2. The number of nitrogens with zero attached hydrogens (tertiary/aromatic N) is 1. The molecule has 30 heavy (non-hydrogen) atoms. The van der Waals surface area contributed by atoms with Gasteiger partial charge in [-0.25, -0.2) is 8.42 Å². The van der Waals surface area contributed by atoms with E-state index >= 15 is 0 Å². The van der Waals surface area contributed by atoms with E-state index in [1.807, 2.05) is 19.1 Å². The van der Waals surface area contributed by atoms with Gasteiger partial charge in [0, 0.05) is 25.2 Å². The van der Waals surface area contributed by atoms with E-state index in [4.69, 9.17) is 4.74 Å². The maximum absolute atomic E-state index is 13.0. The van der Waals surface area contributed by atoms with Crippen LogP contribution in [0.5, 0.6) is 0 Å². The molecule has 2 N–H and O–H groups in total. The molecule has 8 heteroatoms. The lowest BCUT2D eigenvalue weighted by atomic mass is 10.1. The number of morpholine rings is 1. The van der Waals surface area contributed by atoms with Gasteiger partial charge in [-0.1, -0.05) is 31.5 Å². The van der Waals surface area contributed by atoms with E-state index < -0.39 is 10.0 Å². The Labute approximate surface area is 178 Å². The zero-order valence-corrected chi connectivity index (χ0v) is 18.5. The molecule has 0 radical (unpaired) electrons. The molecule has 0 unspecified atom stereocenters. The summed E-state index contributed by atoms with van der Waals surface area (Å²) in [5.74, 6) is 0.103. The molecule has 2 aromatic carbocycles. The van der Waals surface area contributed by atoms with Gasteiger partial charge in [0.1, 0.15) is 0 Å². The van der Waals surface area contributed by atoms with E-state index in [-0.39, 0.29) is 10.8 Å². The van der Waals surface area contributed by atoms with Crippen molar-refractivity contribution < 1.29 is 17.9 Å². The number of anilines is 2. The van der Waals surface area contributed by atoms with Crippen molar-refractivity contribution in [2.75, 3.05) is 43.5 Å². The second-order valence-corrected chi connectivity index (χ2v) is 9.76. The van der Waals surface area contributed by atoms with Gasteiger partial charge in [0.15, 0.2) is 0 Å². The summed E-state index contributed by atoms with van der Waals surface area (Å²) in [6, 6.07) is 12.0. The van der Waals surface area contributed by atoms with Crippen LogP contribution >= 0.6 is 0 Å². The largest absolute Gasteiger partial charge is 0.383 e. The molecule has 7 nitrogen and oxygen atoms in total. The van der Waals surface area contributed by atoms with Crippen molar-refractivity contribution >= 4 is 27.3 Å². The van der Waals surface area contributed by atoms with Crippen LogP contribution in [-0.2, 0) is 14.8 Å². The lowest BCUT2D eigenvalue weighted by Crippen LogP contribution is -2.40. The maximum atomic E-state index is 13.0. The average molecular weight is 432 g/mol. The van der Waals surface area contributed by atoms with Gasteiger partial charge in [0.25, 0.3) is 5.91 Å². The van der Waals surface area contributed by atoms with Crippen LogP contribution in [0, 0.1) is 12.8 Å². The first-order chi connectivity index (χ1) is 14.3. The summed E-state index contributed by atoms with van der Waals surface area (Å²) < 4.78 is 32.8. The van der Waals surface area contributed by atoms with Gasteiger partial charge < -0.3 is 15.4 Å². The van der Waals surface area contributed by atoms with Gasteiger partial charge in [-0.2, -0.15) is 4.31 Å².